The topological polar surface area (TPSA) is 47.7 Å². The number of anilines is 1. The van der Waals surface area contributed by atoms with Crippen LogP contribution in [0.2, 0.25) is 0 Å². The Kier molecular flexibility index (Phi) is 6.95. The van der Waals surface area contributed by atoms with Gasteiger partial charge in [0.2, 0.25) is 0 Å². The van der Waals surface area contributed by atoms with Crippen LogP contribution in [-0.2, 0) is 26.1 Å². The molecule has 0 aliphatic heterocycles. The highest BCUT2D eigenvalue weighted by Gasteiger charge is 2.18. The lowest BCUT2D eigenvalue weighted by molar-refractivity contribution is 0.626. The summed E-state index contributed by atoms with van der Waals surface area (Å²) in [4.78, 5) is 9.75. The molecule has 0 aliphatic carbocycles. The molecule has 0 saturated carbocycles. The molecule has 4 heterocycles. The summed E-state index contributed by atoms with van der Waals surface area (Å²) in [6, 6.07) is 38.7. The fourth-order valence-corrected chi connectivity index (χ4v) is 6.76. The van der Waals surface area contributed by atoms with E-state index in [-0.39, 0.29) is 5.82 Å². The van der Waals surface area contributed by atoms with E-state index < -0.39 is 0 Å². The number of nitrogens with zero attached hydrogens (tertiary/aromatic N) is 4. The normalized spacial score (nSPS) is 11.7. The number of hydrogen-bond acceptors (Lipinski definition) is 3. The number of fused-ring (bicyclic) bond motifs is 6. The molecule has 0 saturated heterocycles. The Bertz CT molecular complexity index is 2280. The van der Waals surface area contributed by atoms with Gasteiger partial charge in [-0.2, -0.15) is 0 Å². The van der Waals surface area contributed by atoms with E-state index in [1.54, 1.807) is 0 Å². The summed E-state index contributed by atoms with van der Waals surface area (Å²) in [5, 5.41) is 8.45. The largest absolute Gasteiger partial charge is 0.363 e. The van der Waals surface area contributed by atoms with Crippen molar-refractivity contribution in [3.63, 3.8) is 0 Å². The average Bonchev–Trinajstić information content (AvgIpc) is 3.59. The Morgan fingerprint density at radius 2 is 1.22 bits per heavy atom. The molecule has 6 heteroatoms. The van der Waals surface area contributed by atoms with E-state index in [1.807, 2.05) is 24.5 Å². The summed E-state index contributed by atoms with van der Waals surface area (Å²) in [6.45, 7) is 2.01. The van der Waals surface area contributed by atoms with Gasteiger partial charge in [-0.15, -0.1) is 0 Å². The van der Waals surface area contributed by atoms with Crippen LogP contribution in [0.4, 0.5) is 10.2 Å². The SMILES string of the molecule is Fc1ccc(Cn2c3ccccc3c3ccnc(CNc4nccc5c6ccccc6n(CCCc6ccccc6)c45)c32)cc1. The number of halogens is 1. The van der Waals surface area contributed by atoms with Crippen molar-refractivity contribution in [2.24, 2.45) is 0 Å². The van der Waals surface area contributed by atoms with Gasteiger partial charge < -0.3 is 14.5 Å². The first-order chi connectivity index (χ1) is 22.2. The molecule has 0 bridgehead atoms. The molecule has 0 aliphatic rings. The van der Waals surface area contributed by atoms with Crippen molar-refractivity contribution in [2.75, 3.05) is 5.32 Å². The number of aromatic nitrogens is 4. The molecule has 0 unspecified atom stereocenters. The third kappa shape index (κ3) is 4.98. The summed E-state index contributed by atoms with van der Waals surface area (Å²) >= 11 is 0. The van der Waals surface area contributed by atoms with E-state index in [0.29, 0.717) is 13.1 Å². The zero-order valence-corrected chi connectivity index (χ0v) is 24.8. The Labute approximate surface area is 260 Å². The zero-order valence-electron chi connectivity index (χ0n) is 24.8. The van der Waals surface area contributed by atoms with Gasteiger partial charge >= 0.3 is 0 Å². The van der Waals surface area contributed by atoms with Crippen molar-refractivity contribution in [1.82, 2.24) is 19.1 Å². The average molecular weight is 590 g/mol. The van der Waals surface area contributed by atoms with Crippen LogP contribution in [0.5, 0.6) is 0 Å². The highest BCUT2D eigenvalue weighted by atomic mass is 19.1. The van der Waals surface area contributed by atoms with E-state index in [9.17, 15) is 4.39 Å². The lowest BCUT2D eigenvalue weighted by Crippen LogP contribution is -2.09. The third-order valence-electron chi connectivity index (χ3n) is 8.80. The first-order valence-electron chi connectivity index (χ1n) is 15.5. The number of hydrogen-bond donors (Lipinski definition) is 1. The Morgan fingerprint density at radius 3 is 1.98 bits per heavy atom. The summed E-state index contributed by atoms with van der Waals surface area (Å²) in [5.74, 6) is 0.620. The lowest BCUT2D eigenvalue weighted by Gasteiger charge is -2.14. The van der Waals surface area contributed by atoms with Crippen molar-refractivity contribution < 1.29 is 4.39 Å². The summed E-state index contributed by atoms with van der Waals surface area (Å²) in [5.41, 5.74) is 7.87. The predicted octanol–water partition coefficient (Wildman–Crippen LogP) is 9.12. The van der Waals surface area contributed by atoms with Gasteiger partial charge in [0.1, 0.15) is 5.82 Å². The number of benzene rings is 4. The molecule has 0 radical (unpaired) electrons. The van der Waals surface area contributed by atoms with Crippen LogP contribution in [0, 0.1) is 5.82 Å². The molecule has 45 heavy (non-hydrogen) atoms. The minimum atomic E-state index is -0.230. The highest BCUT2D eigenvalue weighted by molar-refractivity contribution is 6.11. The van der Waals surface area contributed by atoms with Crippen molar-refractivity contribution >= 4 is 49.4 Å². The van der Waals surface area contributed by atoms with Gasteiger partial charge in [-0.25, -0.2) is 9.37 Å². The van der Waals surface area contributed by atoms with Gasteiger partial charge in [-0.3, -0.25) is 4.98 Å². The lowest BCUT2D eigenvalue weighted by atomic mass is 10.1. The molecule has 220 valence electrons. The number of para-hydroxylation sites is 2. The van der Waals surface area contributed by atoms with Crippen molar-refractivity contribution in [3.05, 3.63) is 150 Å². The molecule has 4 aromatic heterocycles. The minimum absolute atomic E-state index is 0.230. The summed E-state index contributed by atoms with van der Waals surface area (Å²) in [6.07, 6.45) is 5.83. The van der Waals surface area contributed by atoms with Gasteiger partial charge in [0.25, 0.3) is 0 Å². The molecule has 5 nitrogen and oxygen atoms in total. The number of pyridine rings is 2. The smallest absolute Gasteiger partial charge is 0.150 e. The van der Waals surface area contributed by atoms with Crippen molar-refractivity contribution in [1.29, 1.82) is 0 Å². The Morgan fingerprint density at radius 1 is 0.578 bits per heavy atom. The van der Waals surface area contributed by atoms with Crippen LogP contribution in [0.15, 0.2) is 128 Å². The molecule has 8 rings (SSSR count). The first-order valence-corrected chi connectivity index (χ1v) is 15.5. The molecule has 0 atom stereocenters. The Hall–Kier alpha value is -5.49. The second kappa shape index (κ2) is 11.5. The molecule has 0 fully saturated rings. The molecule has 1 N–H and O–H groups in total. The van der Waals surface area contributed by atoms with Crippen LogP contribution in [0.1, 0.15) is 23.2 Å². The van der Waals surface area contributed by atoms with E-state index in [0.717, 1.165) is 58.4 Å². The maximum Gasteiger partial charge on any atom is 0.150 e. The Balaban J connectivity index is 1.18. The van der Waals surface area contributed by atoms with Gasteiger partial charge in [-0.05, 0) is 60.4 Å². The summed E-state index contributed by atoms with van der Waals surface area (Å²) < 4.78 is 18.4. The molecule has 0 amide bonds. The highest BCUT2D eigenvalue weighted by Crippen LogP contribution is 2.35. The first kappa shape index (κ1) is 27.1. The second-order valence-corrected chi connectivity index (χ2v) is 11.6. The van der Waals surface area contributed by atoms with Crippen LogP contribution < -0.4 is 5.32 Å². The maximum atomic E-state index is 13.7. The minimum Gasteiger partial charge on any atom is -0.363 e. The van der Waals surface area contributed by atoms with Crippen LogP contribution in [0.3, 0.4) is 0 Å². The number of nitrogens with one attached hydrogen (secondary N) is 1. The van der Waals surface area contributed by atoms with E-state index in [4.69, 9.17) is 9.97 Å². The molecule has 4 aromatic carbocycles. The maximum absolute atomic E-state index is 13.7. The van der Waals surface area contributed by atoms with Gasteiger partial charge in [-0.1, -0.05) is 78.9 Å². The van der Waals surface area contributed by atoms with Crippen LogP contribution in [-0.4, -0.2) is 19.1 Å². The molecular weight excluding hydrogens is 557 g/mol. The van der Waals surface area contributed by atoms with Crippen molar-refractivity contribution in [2.45, 2.75) is 32.5 Å². The second-order valence-electron chi connectivity index (χ2n) is 11.6. The molecule has 0 spiro atoms. The third-order valence-corrected chi connectivity index (χ3v) is 8.80. The summed E-state index contributed by atoms with van der Waals surface area (Å²) in [7, 11) is 0. The van der Waals surface area contributed by atoms with E-state index in [1.165, 1.54) is 39.4 Å². The van der Waals surface area contributed by atoms with Gasteiger partial charge in [0.05, 0.1) is 23.3 Å². The molecular formula is C39H32FN5. The predicted molar refractivity (Wildman–Crippen MR) is 182 cm³/mol. The fraction of sp³-hybridized carbons (Fsp3) is 0.128. The fourth-order valence-electron chi connectivity index (χ4n) is 6.76. The van der Waals surface area contributed by atoms with Crippen LogP contribution >= 0.6 is 0 Å². The van der Waals surface area contributed by atoms with Crippen molar-refractivity contribution in [3.8, 4) is 0 Å². The monoisotopic (exact) mass is 589 g/mol. The zero-order chi connectivity index (χ0) is 30.2. The number of aryl methyl sites for hydroxylation is 2. The van der Waals surface area contributed by atoms with Gasteiger partial charge in [0.15, 0.2) is 5.82 Å². The van der Waals surface area contributed by atoms with Gasteiger partial charge in [0, 0.05) is 58.1 Å². The quantitative estimate of drug-likeness (QED) is 0.183. The number of rotatable bonds is 9. The van der Waals surface area contributed by atoms with E-state index in [2.05, 4.69) is 105 Å². The van der Waals surface area contributed by atoms with Crippen LogP contribution in [0.25, 0.3) is 43.6 Å². The standard InChI is InChI=1S/C39H32FN5/c40-29-18-16-28(17-19-29)26-45-36-15-7-5-12-30(36)32-20-22-41-34(37(32)45)25-43-39-38-33(21-23-42-39)31-13-4-6-14-35(31)44(38)24-8-11-27-9-2-1-3-10-27/h1-7,9-10,12-23H,8,11,24-26H2,(H,42,43). The molecule has 8 aromatic rings. The van der Waals surface area contributed by atoms with E-state index >= 15 is 0 Å².